The molecule has 0 aliphatic heterocycles. The minimum atomic E-state index is -0.450. The van der Waals surface area contributed by atoms with Crippen molar-refractivity contribution >= 4 is 5.97 Å². The summed E-state index contributed by atoms with van der Waals surface area (Å²) in [6.45, 7) is 1.80. The third-order valence-electron chi connectivity index (χ3n) is 3.70. The third-order valence-corrected chi connectivity index (χ3v) is 3.70. The summed E-state index contributed by atoms with van der Waals surface area (Å²) in [4.78, 5) is 19.7. The van der Waals surface area contributed by atoms with Gasteiger partial charge in [0.15, 0.2) is 11.5 Å². The van der Waals surface area contributed by atoms with Crippen LogP contribution in [0.15, 0.2) is 48.5 Å². The molecule has 6 heteroatoms. The number of carbonyl (C=O) groups excluding carboxylic acids is 1. The molecule has 0 aliphatic carbocycles. The number of esters is 1. The van der Waals surface area contributed by atoms with Crippen LogP contribution in [0.25, 0.3) is 11.4 Å². The van der Waals surface area contributed by atoms with E-state index in [1.54, 1.807) is 57.5 Å². The van der Waals surface area contributed by atoms with E-state index in [9.17, 15) is 4.79 Å². The molecule has 0 radical (unpaired) electrons. The molecule has 1 heterocycles. The van der Waals surface area contributed by atoms with Gasteiger partial charge in [0.2, 0.25) is 5.88 Å². The lowest BCUT2D eigenvalue weighted by atomic mass is 10.2. The van der Waals surface area contributed by atoms with Crippen LogP contribution in [-0.2, 0) is 0 Å². The van der Waals surface area contributed by atoms with Crippen LogP contribution in [0.1, 0.15) is 16.1 Å². The summed E-state index contributed by atoms with van der Waals surface area (Å²) >= 11 is 0. The average Bonchev–Trinajstić information content (AvgIpc) is 3.02. The molecule has 0 saturated heterocycles. The third kappa shape index (κ3) is 3.47. The quantitative estimate of drug-likeness (QED) is 0.719. The van der Waals surface area contributed by atoms with Gasteiger partial charge in [0.05, 0.1) is 25.5 Å². The number of carbonyl (C=O) groups is 1. The van der Waals surface area contributed by atoms with Crippen LogP contribution in [0.2, 0.25) is 0 Å². The van der Waals surface area contributed by atoms with Crippen molar-refractivity contribution < 1.29 is 19.0 Å². The number of methoxy groups -OCH3 is 2. The Bertz CT molecular complexity index is 888. The zero-order valence-corrected chi connectivity index (χ0v) is 14.2. The topological polar surface area (TPSA) is 73.4 Å². The molecule has 0 spiro atoms. The van der Waals surface area contributed by atoms with Gasteiger partial charge in [-0.1, -0.05) is 18.2 Å². The van der Waals surface area contributed by atoms with E-state index in [-0.39, 0.29) is 5.88 Å². The Morgan fingerprint density at radius 3 is 2.40 bits per heavy atom. The number of nitrogens with zero attached hydrogens (tertiary/aromatic N) is 1. The zero-order chi connectivity index (χ0) is 17.8. The van der Waals surface area contributed by atoms with Crippen LogP contribution >= 0.6 is 0 Å². The van der Waals surface area contributed by atoms with Crippen molar-refractivity contribution in [1.29, 1.82) is 0 Å². The summed E-state index contributed by atoms with van der Waals surface area (Å²) in [5, 5.41) is 0. The number of rotatable bonds is 5. The molecule has 6 nitrogen and oxygen atoms in total. The lowest BCUT2D eigenvalue weighted by Gasteiger charge is -2.08. The summed E-state index contributed by atoms with van der Waals surface area (Å²) in [6, 6.07) is 14.2. The molecule has 0 aliphatic rings. The highest BCUT2D eigenvalue weighted by atomic mass is 16.5. The van der Waals surface area contributed by atoms with Gasteiger partial charge in [-0.25, -0.2) is 4.79 Å². The van der Waals surface area contributed by atoms with Gasteiger partial charge >= 0.3 is 5.97 Å². The minimum Gasteiger partial charge on any atom is -0.493 e. The van der Waals surface area contributed by atoms with Gasteiger partial charge in [0.25, 0.3) is 0 Å². The standard InChI is InChI=1S/C19H18N2O4/c1-12-18(25-19(22)13-7-5-4-6-8-13)21-17(20-12)14-9-10-15(23-2)16(11-14)24-3/h4-11H,1-3H3,(H,20,21). The summed E-state index contributed by atoms with van der Waals surface area (Å²) in [6.07, 6.45) is 0. The van der Waals surface area contributed by atoms with Gasteiger partial charge in [0, 0.05) is 5.56 Å². The van der Waals surface area contributed by atoms with E-state index >= 15 is 0 Å². The molecule has 0 bridgehead atoms. The second-order valence-electron chi connectivity index (χ2n) is 5.34. The molecule has 0 amide bonds. The maximum atomic E-state index is 12.2. The number of nitrogens with one attached hydrogen (secondary N) is 1. The van der Waals surface area contributed by atoms with Crippen molar-refractivity contribution in [2.75, 3.05) is 14.2 Å². The van der Waals surface area contributed by atoms with Crippen molar-refractivity contribution in [2.45, 2.75) is 6.92 Å². The summed E-state index contributed by atoms with van der Waals surface area (Å²) in [7, 11) is 3.15. The van der Waals surface area contributed by atoms with E-state index in [0.717, 1.165) is 5.56 Å². The lowest BCUT2D eigenvalue weighted by molar-refractivity contribution is 0.0727. The van der Waals surface area contributed by atoms with Crippen LogP contribution in [0.5, 0.6) is 17.4 Å². The van der Waals surface area contributed by atoms with Crippen LogP contribution in [0.3, 0.4) is 0 Å². The molecule has 0 saturated carbocycles. The monoisotopic (exact) mass is 338 g/mol. The summed E-state index contributed by atoms with van der Waals surface area (Å²) < 4.78 is 15.9. The van der Waals surface area contributed by atoms with Crippen molar-refractivity contribution in [3.63, 3.8) is 0 Å². The van der Waals surface area contributed by atoms with E-state index in [4.69, 9.17) is 14.2 Å². The summed E-state index contributed by atoms with van der Waals surface area (Å²) in [5.74, 6) is 1.60. The highest BCUT2D eigenvalue weighted by Crippen LogP contribution is 2.32. The fourth-order valence-electron chi connectivity index (χ4n) is 2.38. The second-order valence-corrected chi connectivity index (χ2v) is 5.34. The first kappa shape index (κ1) is 16.6. The van der Waals surface area contributed by atoms with Gasteiger partial charge in [-0.2, -0.15) is 4.98 Å². The van der Waals surface area contributed by atoms with Crippen LogP contribution < -0.4 is 14.2 Å². The number of aromatic amines is 1. The first-order valence-electron chi connectivity index (χ1n) is 7.68. The molecule has 3 rings (SSSR count). The molecule has 2 aromatic carbocycles. The molecular weight excluding hydrogens is 320 g/mol. The van der Waals surface area contributed by atoms with Gasteiger partial charge in [0.1, 0.15) is 5.82 Å². The highest BCUT2D eigenvalue weighted by molar-refractivity contribution is 5.90. The minimum absolute atomic E-state index is 0.249. The van der Waals surface area contributed by atoms with E-state index in [2.05, 4.69) is 9.97 Å². The Labute approximate surface area is 145 Å². The Morgan fingerprint density at radius 2 is 1.72 bits per heavy atom. The fraction of sp³-hybridized carbons (Fsp3) is 0.158. The number of ether oxygens (including phenoxy) is 3. The van der Waals surface area contributed by atoms with Gasteiger partial charge in [-0.3, -0.25) is 0 Å². The molecule has 1 aromatic heterocycles. The SMILES string of the molecule is COc1ccc(-c2nc(OC(=O)c3ccccc3)c(C)[nH]2)cc1OC. The lowest BCUT2D eigenvalue weighted by Crippen LogP contribution is -2.09. The Kier molecular flexibility index (Phi) is 4.70. The number of aryl methyl sites for hydroxylation is 1. The van der Waals surface area contributed by atoms with Gasteiger partial charge < -0.3 is 19.2 Å². The van der Waals surface area contributed by atoms with Crippen molar-refractivity contribution in [3.05, 3.63) is 59.8 Å². The molecule has 3 aromatic rings. The molecule has 25 heavy (non-hydrogen) atoms. The average molecular weight is 338 g/mol. The predicted octanol–water partition coefficient (Wildman–Crippen LogP) is 3.62. The number of imidazole rings is 1. The maximum absolute atomic E-state index is 12.2. The smallest absolute Gasteiger partial charge is 0.344 e. The number of benzene rings is 2. The maximum Gasteiger partial charge on any atom is 0.344 e. The first-order chi connectivity index (χ1) is 12.1. The molecule has 1 N–H and O–H groups in total. The highest BCUT2D eigenvalue weighted by Gasteiger charge is 2.16. The predicted molar refractivity (Wildman–Crippen MR) is 93.3 cm³/mol. The Hall–Kier alpha value is -3.28. The van der Waals surface area contributed by atoms with E-state index in [0.29, 0.717) is 28.6 Å². The van der Waals surface area contributed by atoms with Crippen molar-refractivity contribution in [2.24, 2.45) is 0 Å². The zero-order valence-electron chi connectivity index (χ0n) is 14.2. The molecule has 0 unspecified atom stereocenters. The molecular formula is C19H18N2O4. The van der Waals surface area contributed by atoms with Crippen LogP contribution in [-0.4, -0.2) is 30.2 Å². The van der Waals surface area contributed by atoms with Crippen molar-refractivity contribution in [3.8, 4) is 28.8 Å². The Balaban J connectivity index is 1.86. The van der Waals surface area contributed by atoms with Gasteiger partial charge in [-0.05, 0) is 37.3 Å². The fourth-order valence-corrected chi connectivity index (χ4v) is 2.38. The molecule has 0 atom stereocenters. The number of hydrogen-bond donors (Lipinski definition) is 1. The number of H-pyrrole nitrogens is 1. The molecule has 0 fully saturated rings. The van der Waals surface area contributed by atoms with E-state index in [1.165, 1.54) is 0 Å². The van der Waals surface area contributed by atoms with Crippen LogP contribution in [0.4, 0.5) is 0 Å². The first-order valence-corrected chi connectivity index (χ1v) is 7.68. The number of hydrogen-bond acceptors (Lipinski definition) is 5. The van der Waals surface area contributed by atoms with E-state index in [1.807, 2.05) is 12.1 Å². The van der Waals surface area contributed by atoms with Crippen LogP contribution in [0, 0.1) is 6.92 Å². The Morgan fingerprint density at radius 1 is 1.00 bits per heavy atom. The number of aromatic nitrogens is 2. The normalized spacial score (nSPS) is 10.4. The van der Waals surface area contributed by atoms with E-state index < -0.39 is 5.97 Å². The largest absolute Gasteiger partial charge is 0.493 e. The van der Waals surface area contributed by atoms with Crippen molar-refractivity contribution in [1.82, 2.24) is 9.97 Å². The summed E-state index contributed by atoms with van der Waals surface area (Å²) in [5.41, 5.74) is 1.93. The molecule has 128 valence electrons. The van der Waals surface area contributed by atoms with Gasteiger partial charge in [-0.15, -0.1) is 0 Å². The second kappa shape index (κ2) is 7.09.